The van der Waals surface area contributed by atoms with Crippen LogP contribution in [-0.4, -0.2) is 58.4 Å². The second-order valence-corrected chi connectivity index (χ2v) is 23.6. The van der Waals surface area contributed by atoms with Gasteiger partial charge in [0.1, 0.15) is 0 Å². The van der Waals surface area contributed by atoms with E-state index in [0.29, 0.717) is 5.69 Å². The molecule has 5 nitrogen and oxygen atoms in total. The molecular formula is C22H37N3O2SSn. The van der Waals surface area contributed by atoms with Gasteiger partial charge in [0.2, 0.25) is 0 Å². The fraction of sp³-hybridized carbons (Fsp3) is 0.682. The van der Waals surface area contributed by atoms with Crippen LogP contribution in [0.5, 0.6) is 0 Å². The van der Waals surface area contributed by atoms with Crippen molar-refractivity contribution in [3.63, 3.8) is 0 Å². The third-order valence-corrected chi connectivity index (χ3v) is 25.1. The molecule has 2 heterocycles. The van der Waals surface area contributed by atoms with Crippen molar-refractivity contribution in [1.29, 1.82) is 0 Å². The number of Topliss-reactive ketones (excluding diaryl/α,β-unsaturated/α-hetero) is 1. The summed E-state index contributed by atoms with van der Waals surface area (Å²) in [5.41, 5.74) is 0.470. The summed E-state index contributed by atoms with van der Waals surface area (Å²) in [6.07, 6.45) is 11.6. The second kappa shape index (κ2) is 11.5. The van der Waals surface area contributed by atoms with Gasteiger partial charge in [-0.3, -0.25) is 0 Å². The third kappa shape index (κ3) is 6.06. The van der Waals surface area contributed by atoms with Gasteiger partial charge >= 0.3 is 184 Å². The van der Waals surface area contributed by atoms with Gasteiger partial charge in [-0.2, -0.15) is 0 Å². The molecule has 0 fully saturated rings. The molecule has 0 atom stereocenters. The molecule has 0 bridgehead atoms. The number of imidazole rings is 1. The average molecular weight is 526 g/mol. The quantitative estimate of drug-likeness (QED) is 0.207. The number of rotatable bonds is 13. The Kier molecular flexibility index (Phi) is 9.66. The number of amides is 1. The molecule has 0 aliphatic carbocycles. The maximum absolute atomic E-state index is 12.7. The van der Waals surface area contributed by atoms with Crippen molar-refractivity contribution in [3.8, 4) is 0 Å². The first-order valence-electron chi connectivity index (χ1n) is 11.1. The number of carbonyl (C=O) groups excluding carboxylic acids is 2. The van der Waals surface area contributed by atoms with Crippen LogP contribution in [0.2, 0.25) is 13.3 Å². The fourth-order valence-corrected chi connectivity index (χ4v) is 24.0. The number of ketones is 1. The van der Waals surface area contributed by atoms with Crippen molar-refractivity contribution >= 4 is 49.1 Å². The van der Waals surface area contributed by atoms with Gasteiger partial charge in [0.05, 0.1) is 0 Å². The summed E-state index contributed by atoms with van der Waals surface area (Å²) >= 11 is -0.722. The number of unbranched alkanes of at least 4 members (excludes halogenated alkanes) is 3. The van der Waals surface area contributed by atoms with E-state index in [2.05, 4.69) is 32.0 Å². The molecule has 0 saturated heterocycles. The minimum absolute atomic E-state index is 0.108. The average Bonchev–Trinajstić information content (AvgIpc) is 3.28. The Bertz CT molecular complexity index is 790. The molecular weight excluding hydrogens is 489 g/mol. The topological polar surface area (TPSA) is 54.7 Å². The molecule has 2 rings (SSSR count). The molecule has 0 spiro atoms. The molecule has 0 aliphatic heterocycles. The summed E-state index contributed by atoms with van der Waals surface area (Å²) in [7, 11) is 3.36. The number of hydrogen-bond donors (Lipinski definition) is 0. The summed E-state index contributed by atoms with van der Waals surface area (Å²) < 4.78 is 7.85. The Morgan fingerprint density at radius 3 is 2.07 bits per heavy atom. The Labute approximate surface area is 183 Å². The van der Waals surface area contributed by atoms with E-state index in [9.17, 15) is 9.59 Å². The van der Waals surface area contributed by atoms with Crippen molar-refractivity contribution in [3.05, 3.63) is 18.2 Å². The van der Waals surface area contributed by atoms with Gasteiger partial charge in [0, 0.05) is 0 Å². The monoisotopic (exact) mass is 527 g/mol. The van der Waals surface area contributed by atoms with E-state index in [4.69, 9.17) is 0 Å². The molecule has 0 radical (unpaired) electrons. The first-order chi connectivity index (χ1) is 13.9. The van der Waals surface area contributed by atoms with E-state index in [1.165, 1.54) is 56.7 Å². The molecule has 0 saturated carbocycles. The van der Waals surface area contributed by atoms with Gasteiger partial charge in [-0.1, -0.05) is 0 Å². The molecule has 0 aliphatic rings. The standard InChI is InChI=1S/C10H10N3O2S.3C4H9.Sn/c1-12(2)8(15)5-7(14)9-10-13(6-11-9)3-4-16-10;3*1-3-4-2;/h3,6H,5H2,1-2H3;3*1,3-4H2,2H3;. The zero-order valence-electron chi connectivity index (χ0n) is 18.8. The van der Waals surface area contributed by atoms with Crippen LogP contribution in [-0.2, 0) is 4.79 Å². The van der Waals surface area contributed by atoms with Crippen molar-refractivity contribution in [2.45, 2.75) is 79.0 Å². The predicted octanol–water partition coefficient (Wildman–Crippen LogP) is 5.11. The number of aromatic nitrogens is 2. The summed E-state index contributed by atoms with van der Waals surface area (Å²) in [6.45, 7) is 6.87. The van der Waals surface area contributed by atoms with Crippen molar-refractivity contribution in [1.82, 2.24) is 14.3 Å². The number of carbonyl (C=O) groups is 2. The van der Waals surface area contributed by atoms with Crippen LogP contribution in [0, 0.1) is 0 Å². The van der Waals surface area contributed by atoms with Crippen LogP contribution in [0.4, 0.5) is 0 Å². The molecule has 1 amide bonds. The minimum atomic E-state index is -2.52. The molecule has 7 heteroatoms. The summed E-state index contributed by atoms with van der Waals surface area (Å²) in [5.74, 6) is -0.341. The van der Waals surface area contributed by atoms with Gasteiger partial charge in [-0.05, 0) is 0 Å². The molecule has 2 aromatic heterocycles. The first-order valence-corrected chi connectivity index (χ1v) is 19.4. The molecule has 2 aromatic rings. The molecule has 0 N–H and O–H groups in total. The molecule has 0 unspecified atom stereocenters. The van der Waals surface area contributed by atoms with Crippen LogP contribution < -0.4 is 2.89 Å². The van der Waals surface area contributed by atoms with Crippen LogP contribution >= 0.6 is 11.3 Å². The van der Waals surface area contributed by atoms with E-state index in [0.717, 1.165) is 4.83 Å². The number of nitrogens with zero attached hydrogens (tertiary/aromatic N) is 3. The normalized spacial score (nSPS) is 11.9. The van der Waals surface area contributed by atoms with Gasteiger partial charge in [0.15, 0.2) is 0 Å². The Balaban J connectivity index is 2.40. The van der Waals surface area contributed by atoms with Crippen LogP contribution in [0.15, 0.2) is 12.5 Å². The van der Waals surface area contributed by atoms with Gasteiger partial charge in [-0.15, -0.1) is 0 Å². The van der Waals surface area contributed by atoms with E-state index < -0.39 is 18.4 Å². The first kappa shape index (κ1) is 24.4. The summed E-state index contributed by atoms with van der Waals surface area (Å²) in [5, 5.41) is 0. The van der Waals surface area contributed by atoms with Crippen molar-refractivity contribution in [2.24, 2.45) is 0 Å². The van der Waals surface area contributed by atoms with E-state index in [-0.39, 0.29) is 18.1 Å². The van der Waals surface area contributed by atoms with E-state index in [1.54, 1.807) is 34.7 Å². The maximum atomic E-state index is 12.7. The second-order valence-electron chi connectivity index (χ2n) is 8.38. The number of thiazole rings is 1. The zero-order valence-corrected chi connectivity index (χ0v) is 22.5. The zero-order chi connectivity index (χ0) is 21.4. The van der Waals surface area contributed by atoms with Crippen molar-refractivity contribution in [2.75, 3.05) is 14.1 Å². The van der Waals surface area contributed by atoms with Crippen LogP contribution in [0.3, 0.4) is 0 Å². The SMILES string of the molecule is CCC[CH2][Sn]([CH2]CCC)([CH2]CCC)[c]1cn2cnc(C(=O)CC(=O)N(C)C)c2s1. The Morgan fingerprint density at radius 2 is 1.59 bits per heavy atom. The van der Waals surface area contributed by atoms with Crippen molar-refractivity contribution < 1.29 is 9.59 Å². The van der Waals surface area contributed by atoms with Gasteiger partial charge in [0.25, 0.3) is 0 Å². The Hall–Kier alpha value is -0.891. The molecule has 0 aromatic carbocycles. The van der Waals surface area contributed by atoms with Crippen LogP contribution in [0.25, 0.3) is 4.83 Å². The number of fused-ring (bicyclic) bond motifs is 1. The number of hydrogen-bond acceptors (Lipinski definition) is 4. The van der Waals surface area contributed by atoms with E-state index in [1.807, 2.05) is 4.40 Å². The summed E-state index contributed by atoms with van der Waals surface area (Å²) in [4.78, 5) is 31.4. The fourth-order valence-electron chi connectivity index (χ4n) is 3.91. The van der Waals surface area contributed by atoms with E-state index >= 15 is 0 Å². The van der Waals surface area contributed by atoms with Gasteiger partial charge < -0.3 is 0 Å². The van der Waals surface area contributed by atoms with Gasteiger partial charge in [-0.25, -0.2) is 0 Å². The third-order valence-electron chi connectivity index (χ3n) is 5.84. The molecule has 162 valence electrons. The summed E-state index contributed by atoms with van der Waals surface area (Å²) in [6, 6.07) is 0. The molecule has 29 heavy (non-hydrogen) atoms. The predicted molar refractivity (Wildman–Crippen MR) is 125 cm³/mol. The Morgan fingerprint density at radius 1 is 1.03 bits per heavy atom. The van der Waals surface area contributed by atoms with Crippen LogP contribution in [0.1, 0.15) is 76.2 Å².